The fourth-order valence-electron chi connectivity index (χ4n) is 1.83. The van der Waals surface area contributed by atoms with Gasteiger partial charge in [0.2, 0.25) is 25.8 Å². The Morgan fingerprint density at radius 3 is 2.43 bits per heavy atom. The first-order chi connectivity index (χ1) is 10.7. The first-order valence-corrected chi connectivity index (χ1v) is 10.3. The largest absolute Gasteiger partial charge is 0.412 e. The number of hydrogen-bond donors (Lipinski definition) is 1. The minimum atomic E-state index is -3.56. The van der Waals surface area contributed by atoms with Crippen LogP contribution in [0.1, 0.15) is 17.0 Å². The molecule has 2 rings (SSSR count). The second kappa shape index (κ2) is 6.77. The van der Waals surface area contributed by atoms with Crippen molar-refractivity contribution in [2.24, 2.45) is 0 Å². The van der Waals surface area contributed by atoms with E-state index in [0.29, 0.717) is 0 Å². The summed E-state index contributed by atoms with van der Waals surface area (Å²) < 4.78 is 53.9. The summed E-state index contributed by atoms with van der Waals surface area (Å²) >= 11 is 0. The molecule has 126 valence electrons. The SMILES string of the molecule is Cc1ccccc1CS(=O)(=O)NCCc1nnc(S(C)(=O)=O)o1. The molecule has 1 heterocycles. The van der Waals surface area contributed by atoms with Crippen LogP contribution in [0.25, 0.3) is 0 Å². The Morgan fingerprint density at radius 1 is 1.13 bits per heavy atom. The molecule has 0 radical (unpaired) electrons. The maximum absolute atomic E-state index is 12.0. The Balaban J connectivity index is 1.93. The number of nitrogens with zero attached hydrogens (tertiary/aromatic N) is 2. The number of sulfonamides is 1. The van der Waals surface area contributed by atoms with Crippen LogP contribution >= 0.6 is 0 Å². The van der Waals surface area contributed by atoms with E-state index in [9.17, 15) is 16.8 Å². The number of hydrogen-bond acceptors (Lipinski definition) is 7. The van der Waals surface area contributed by atoms with Gasteiger partial charge in [0.15, 0.2) is 0 Å². The second-order valence-corrected chi connectivity index (χ2v) is 8.76. The molecule has 0 aliphatic heterocycles. The maximum Gasteiger partial charge on any atom is 0.335 e. The summed E-state index contributed by atoms with van der Waals surface area (Å²) in [6.45, 7) is 1.88. The van der Waals surface area contributed by atoms with E-state index in [0.717, 1.165) is 17.4 Å². The molecule has 0 atom stereocenters. The lowest BCUT2D eigenvalue weighted by Crippen LogP contribution is -2.27. The molecule has 23 heavy (non-hydrogen) atoms. The summed E-state index contributed by atoms with van der Waals surface area (Å²) in [5.41, 5.74) is 1.62. The van der Waals surface area contributed by atoms with Crippen molar-refractivity contribution in [3.05, 3.63) is 41.3 Å². The molecular formula is C13H17N3O5S2. The van der Waals surface area contributed by atoms with E-state index in [1.54, 1.807) is 12.1 Å². The van der Waals surface area contributed by atoms with Crippen molar-refractivity contribution in [2.45, 2.75) is 24.3 Å². The van der Waals surface area contributed by atoms with Gasteiger partial charge in [0.05, 0.1) is 5.75 Å². The van der Waals surface area contributed by atoms with Crippen molar-refractivity contribution < 1.29 is 21.3 Å². The summed E-state index contributed by atoms with van der Waals surface area (Å²) in [5.74, 6) is -0.0676. The highest BCUT2D eigenvalue weighted by molar-refractivity contribution is 7.90. The highest BCUT2D eigenvalue weighted by Crippen LogP contribution is 2.11. The first kappa shape index (κ1) is 17.6. The zero-order chi connectivity index (χ0) is 17.1. The lowest BCUT2D eigenvalue weighted by molar-refractivity contribution is 0.397. The third-order valence-electron chi connectivity index (χ3n) is 3.03. The van der Waals surface area contributed by atoms with Gasteiger partial charge in [-0.05, 0) is 18.1 Å². The van der Waals surface area contributed by atoms with E-state index in [1.165, 1.54) is 0 Å². The number of aryl methyl sites for hydroxylation is 1. The monoisotopic (exact) mass is 359 g/mol. The van der Waals surface area contributed by atoms with Gasteiger partial charge in [-0.1, -0.05) is 29.4 Å². The molecule has 0 aliphatic rings. The number of sulfone groups is 1. The lowest BCUT2D eigenvalue weighted by Gasteiger charge is -2.07. The maximum atomic E-state index is 12.0. The Hall–Kier alpha value is -1.78. The molecule has 2 aromatic rings. The fourth-order valence-corrected chi connectivity index (χ4v) is 3.52. The van der Waals surface area contributed by atoms with Crippen molar-refractivity contribution in [1.29, 1.82) is 0 Å². The summed E-state index contributed by atoms with van der Waals surface area (Å²) in [7, 11) is -7.07. The van der Waals surface area contributed by atoms with E-state index >= 15 is 0 Å². The van der Waals surface area contributed by atoms with Gasteiger partial charge in [-0.3, -0.25) is 0 Å². The molecule has 1 aromatic heterocycles. The summed E-state index contributed by atoms with van der Waals surface area (Å²) in [4.78, 5) is 0. The molecule has 8 nitrogen and oxygen atoms in total. The molecule has 0 fully saturated rings. The van der Waals surface area contributed by atoms with Crippen molar-refractivity contribution in [2.75, 3.05) is 12.8 Å². The first-order valence-electron chi connectivity index (χ1n) is 6.72. The predicted molar refractivity (Wildman–Crippen MR) is 82.9 cm³/mol. The van der Waals surface area contributed by atoms with Crippen LogP contribution in [0.4, 0.5) is 0 Å². The van der Waals surface area contributed by atoms with Crippen LogP contribution in [0, 0.1) is 6.92 Å². The third-order valence-corrected chi connectivity index (χ3v) is 5.17. The quantitative estimate of drug-likeness (QED) is 0.762. The van der Waals surface area contributed by atoms with Gasteiger partial charge < -0.3 is 4.42 Å². The highest BCUT2D eigenvalue weighted by atomic mass is 32.2. The predicted octanol–water partition coefficient (Wildman–Crippen LogP) is 0.444. The smallest absolute Gasteiger partial charge is 0.335 e. The highest BCUT2D eigenvalue weighted by Gasteiger charge is 2.17. The van der Waals surface area contributed by atoms with Gasteiger partial charge in [0.1, 0.15) is 0 Å². The number of aromatic nitrogens is 2. The van der Waals surface area contributed by atoms with E-state index in [1.807, 2.05) is 19.1 Å². The molecule has 0 aliphatic carbocycles. The van der Waals surface area contributed by atoms with Crippen molar-refractivity contribution in [1.82, 2.24) is 14.9 Å². The van der Waals surface area contributed by atoms with Gasteiger partial charge in [0, 0.05) is 19.2 Å². The molecule has 0 saturated carbocycles. The van der Waals surface area contributed by atoms with Crippen LogP contribution in [0.15, 0.2) is 33.9 Å². The van der Waals surface area contributed by atoms with Crippen molar-refractivity contribution in [3.8, 4) is 0 Å². The zero-order valence-corrected chi connectivity index (χ0v) is 14.3. The Kier molecular flexibility index (Phi) is 5.17. The fraction of sp³-hybridized carbons (Fsp3) is 0.385. The third kappa shape index (κ3) is 5.12. The number of nitrogens with one attached hydrogen (secondary N) is 1. The topological polar surface area (TPSA) is 119 Å². The Bertz CT molecular complexity index is 888. The Morgan fingerprint density at radius 2 is 1.83 bits per heavy atom. The molecule has 0 spiro atoms. The molecular weight excluding hydrogens is 342 g/mol. The van der Waals surface area contributed by atoms with Crippen molar-refractivity contribution in [3.63, 3.8) is 0 Å². The van der Waals surface area contributed by atoms with Crippen LogP contribution in [-0.4, -0.2) is 39.8 Å². The van der Waals surface area contributed by atoms with Crippen molar-refractivity contribution >= 4 is 19.9 Å². The normalized spacial score (nSPS) is 12.4. The van der Waals surface area contributed by atoms with E-state index in [2.05, 4.69) is 14.9 Å². The molecule has 10 heteroatoms. The zero-order valence-electron chi connectivity index (χ0n) is 12.7. The minimum absolute atomic E-state index is 0.0413. The molecule has 1 N–H and O–H groups in total. The molecule has 0 bridgehead atoms. The number of benzene rings is 1. The van der Waals surface area contributed by atoms with Gasteiger partial charge >= 0.3 is 5.22 Å². The second-order valence-electron chi connectivity index (χ2n) is 5.06. The van der Waals surface area contributed by atoms with Crippen LogP contribution in [0.5, 0.6) is 0 Å². The minimum Gasteiger partial charge on any atom is -0.412 e. The van der Waals surface area contributed by atoms with E-state index < -0.39 is 25.1 Å². The summed E-state index contributed by atoms with van der Waals surface area (Å²) in [6, 6.07) is 7.22. The standard InChI is InChI=1S/C13H17N3O5S2/c1-10-5-3-4-6-11(10)9-23(19,20)14-8-7-12-15-16-13(21-12)22(2,17)18/h3-6,14H,7-9H2,1-2H3. The van der Waals surface area contributed by atoms with Gasteiger partial charge in [-0.25, -0.2) is 21.6 Å². The molecule has 0 amide bonds. The van der Waals surface area contributed by atoms with Crippen LogP contribution < -0.4 is 4.72 Å². The van der Waals surface area contributed by atoms with Gasteiger partial charge in [-0.2, -0.15) is 0 Å². The summed E-state index contributed by atoms with van der Waals surface area (Å²) in [5, 5.41) is 6.49. The lowest BCUT2D eigenvalue weighted by atomic mass is 10.1. The molecule has 1 aromatic carbocycles. The summed E-state index contributed by atoms with van der Waals surface area (Å²) in [6.07, 6.45) is 1.06. The van der Waals surface area contributed by atoms with Crippen LogP contribution in [-0.2, 0) is 32.0 Å². The molecule has 0 unspecified atom stereocenters. The van der Waals surface area contributed by atoms with E-state index in [4.69, 9.17) is 4.42 Å². The van der Waals surface area contributed by atoms with E-state index in [-0.39, 0.29) is 24.6 Å². The molecule has 0 saturated heterocycles. The van der Waals surface area contributed by atoms with Gasteiger partial charge in [0.25, 0.3) is 0 Å². The van der Waals surface area contributed by atoms with Crippen LogP contribution in [0.2, 0.25) is 0 Å². The van der Waals surface area contributed by atoms with Gasteiger partial charge in [-0.15, -0.1) is 5.10 Å². The van der Waals surface area contributed by atoms with Crippen LogP contribution in [0.3, 0.4) is 0 Å². The number of rotatable bonds is 7. The Labute approximate surface area is 134 Å². The average Bonchev–Trinajstić information content (AvgIpc) is 2.90. The average molecular weight is 359 g/mol.